The molecule has 0 aromatic heterocycles. The first-order chi connectivity index (χ1) is 14.4. The predicted molar refractivity (Wildman–Crippen MR) is 112 cm³/mol. The van der Waals surface area contributed by atoms with Crippen LogP contribution in [0.4, 0.5) is 4.79 Å². The molecule has 6 nitrogen and oxygen atoms in total. The van der Waals surface area contributed by atoms with Gasteiger partial charge in [0.05, 0.1) is 37.0 Å². The number of morpholine rings is 1. The van der Waals surface area contributed by atoms with Gasteiger partial charge in [0.1, 0.15) is 12.4 Å². The van der Waals surface area contributed by atoms with E-state index in [-0.39, 0.29) is 30.9 Å². The molecule has 2 aliphatic rings. The standard InChI is InChI=1S/C24H29NO5/c1-17(2)30-22-10-8-19(9-11-22)24(27)12-20-15-28-16-21(13-24)25(20)23(26)29-14-18-6-4-3-5-7-18/h3-11,17,20-21,27H,12-16H2,1-2H3. The van der Waals surface area contributed by atoms with Gasteiger partial charge in [0.25, 0.3) is 0 Å². The quantitative estimate of drug-likeness (QED) is 0.809. The Bertz CT molecular complexity index is 838. The fourth-order valence-corrected chi connectivity index (χ4v) is 4.42. The fraction of sp³-hybridized carbons (Fsp3) is 0.458. The van der Waals surface area contributed by atoms with Crippen molar-refractivity contribution in [3.05, 3.63) is 65.7 Å². The highest BCUT2D eigenvalue weighted by atomic mass is 16.6. The molecule has 4 rings (SSSR count). The Morgan fingerprint density at radius 3 is 2.33 bits per heavy atom. The monoisotopic (exact) mass is 411 g/mol. The van der Waals surface area contributed by atoms with E-state index in [4.69, 9.17) is 14.2 Å². The van der Waals surface area contributed by atoms with E-state index < -0.39 is 5.60 Å². The number of hydrogen-bond donors (Lipinski definition) is 1. The maximum Gasteiger partial charge on any atom is 0.410 e. The summed E-state index contributed by atoms with van der Waals surface area (Å²) < 4.78 is 17.0. The molecule has 2 heterocycles. The Balaban J connectivity index is 1.45. The smallest absolute Gasteiger partial charge is 0.410 e. The summed E-state index contributed by atoms with van der Waals surface area (Å²) in [6.45, 7) is 4.99. The van der Waals surface area contributed by atoms with Gasteiger partial charge in [-0.3, -0.25) is 4.90 Å². The lowest BCUT2D eigenvalue weighted by molar-refractivity contribution is -0.136. The minimum atomic E-state index is -1.01. The number of carbonyl (C=O) groups is 1. The van der Waals surface area contributed by atoms with Crippen LogP contribution in [-0.2, 0) is 21.7 Å². The molecular weight excluding hydrogens is 382 g/mol. The molecule has 0 radical (unpaired) electrons. The van der Waals surface area contributed by atoms with Crippen molar-refractivity contribution in [2.45, 2.75) is 57.1 Å². The summed E-state index contributed by atoms with van der Waals surface area (Å²) >= 11 is 0. The zero-order valence-electron chi connectivity index (χ0n) is 17.5. The van der Waals surface area contributed by atoms with Crippen molar-refractivity contribution in [1.29, 1.82) is 0 Å². The minimum absolute atomic E-state index is 0.0978. The number of fused-ring (bicyclic) bond motifs is 2. The second-order valence-electron chi connectivity index (χ2n) is 8.42. The summed E-state index contributed by atoms with van der Waals surface area (Å²) in [5, 5.41) is 11.5. The van der Waals surface area contributed by atoms with Gasteiger partial charge in [0.2, 0.25) is 0 Å². The van der Waals surface area contributed by atoms with E-state index in [1.165, 1.54) is 0 Å². The summed E-state index contributed by atoms with van der Waals surface area (Å²) in [6, 6.07) is 16.8. The third-order valence-electron chi connectivity index (χ3n) is 5.73. The van der Waals surface area contributed by atoms with Crippen molar-refractivity contribution in [2.75, 3.05) is 13.2 Å². The third-order valence-corrected chi connectivity index (χ3v) is 5.73. The lowest BCUT2D eigenvalue weighted by atomic mass is 9.77. The van der Waals surface area contributed by atoms with Gasteiger partial charge in [-0.05, 0) is 37.1 Å². The molecular formula is C24H29NO5. The molecule has 2 saturated heterocycles. The Morgan fingerprint density at radius 2 is 1.73 bits per heavy atom. The molecule has 1 N–H and O–H groups in total. The summed E-state index contributed by atoms with van der Waals surface area (Å²) in [4.78, 5) is 14.6. The van der Waals surface area contributed by atoms with Crippen molar-refractivity contribution in [2.24, 2.45) is 0 Å². The van der Waals surface area contributed by atoms with Crippen molar-refractivity contribution < 1.29 is 24.1 Å². The zero-order valence-corrected chi connectivity index (χ0v) is 17.5. The van der Waals surface area contributed by atoms with Crippen molar-refractivity contribution in [3.8, 4) is 5.75 Å². The average molecular weight is 411 g/mol. The van der Waals surface area contributed by atoms with Gasteiger partial charge in [-0.25, -0.2) is 4.79 Å². The normalized spacial score (nSPS) is 25.8. The van der Waals surface area contributed by atoms with E-state index >= 15 is 0 Å². The summed E-state index contributed by atoms with van der Waals surface area (Å²) in [6.07, 6.45) is 0.572. The number of rotatable bonds is 5. The molecule has 0 saturated carbocycles. The van der Waals surface area contributed by atoms with Crippen LogP contribution in [0.25, 0.3) is 0 Å². The lowest BCUT2D eigenvalue weighted by Crippen LogP contribution is -2.62. The van der Waals surface area contributed by atoms with E-state index in [0.29, 0.717) is 26.1 Å². The van der Waals surface area contributed by atoms with Gasteiger partial charge in [0.15, 0.2) is 0 Å². The number of piperidine rings is 1. The molecule has 2 aromatic rings. The molecule has 2 aliphatic heterocycles. The van der Waals surface area contributed by atoms with Gasteiger partial charge in [-0.2, -0.15) is 0 Å². The third kappa shape index (κ3) is 4.45. The van der Waals surface area contributed by atoms with Crippen LogP contribution in [0, 0.1) is 0 Å². The highest BCUT2D eigenvalue weighted by Crippen LogP contribution is 2.41. The first-order valence-corrected chi connectivity index (χ1v) is 10.5. The SMILES string of the molecule is CC(C)Oc1ccc(C2(O)CC3COCC(C2)N3C(=O)OCc2ccccc2)cc1. The molecule has 0 aliphatic carbocycles. The van der Waals surface area contributed by atoms with E-state index in [9.17, 15) is 9.90 Å². The summed E-state index contributed by atoms with van der Waals surface area (Å²) in [5.74, 6) is 0.780. The number of aliphatic hydroxyl groups is 1. The van der Waals surface area contributed by atoms with Crippen LogP contribution in [-0.4, -0.2) is 47.5 Å². The van der Waals surface area contributed by atoms with Crippen LogP contribution < -0.4 is 4.74 Å². The highest BCUT2D eigenvalue weighted by molar-refractivity contribution is 5.69. The Labute approximate surface area is 177 Å². The molecule has 2 unspecified atom stereocenters. The van der Waals surface area contributed by atoms with Crippen molar-refractivity contribution >= 4 is 6.09 Å². The first kappa shape index (κ1) is 20.7. The summed E-state index contributed by atoms with van der Waals surface area (Å²) in [5.41, 5.74) is 0.781. The van der Waals surface area contributed by atoms with Gasteiger partial charge < -0.3 is 19.3 Å². The molecule has 30 heavy (non-hydrogen) atoms. The lowest BCUT2D eigenvalue weighted by Gasteiger charge is -2.51. The zero-order chi connectivity index (χ0) is 21.1. The maximum atomic E-state index is 12.8. The molecule has 2 fully saturated rings. The van der Waals surface area contributed by atoms with E-state index in [0.717, 1.165) is 16.9 Å². The van der Waals surface area contributed by atoms with Crippen LogP contribution in [0.3, 0.4) is 0 Å². The number of benzene rings is 2. The molecule has 6 heteroatoms. The number of ether oxygens (including phenoxy) is 3. The van der Waals surface area contributed by atoms with Crippen LogP contribution in [0.1, 0.15) is 37.8 Å². The molecule has 1 amide bonds. The van der Waals surface area contributed by atoms with Gasteiger partial charge in [-0.1, -0.05) is 42.5 Å². The first-order valence-electron chi connectivity index (χ1n) is 10.5. The second-order valence-corrected chi connectivity index (χ2v) is 8.42. The number of hydrogen-bond acceptors (Lipinski definition) is 5. The minimum Gasteiger partial charge on any atom is -0.491 e. The van der Waals surface area contributed by atoms with Gasteiger partial charge in [0, 0.05) is 12.8 Å². The van der Waals surface area contributed by atoms with Gasteiger partial charge in [-0.15, -0.1) is 0 Å². The molecule has 2 atom stereocenters. The molecule has 0 spiro atoms. The van der Waals surface area contributed by atoms with E-state index in [1.807, 2.05) is 68.4 Å². The van der Waals surface area contributed by atoms with Crippen LogP contribution >= 0.6 is 0 Å². The summed E-state index contributed by atoms with van der Waals surface area (Å²) in [7, 11) is 0. The Morgan fingerprint density at radius 1 is 1.10 bits per heavy atom. The number of carbonyl (C=O) groups excluding carboxylic acids is 1. The Kier molecular flexibility index (Phi) is 5.97. The van der Waals surface area contributed by atoms with Crippen LogP contribution in [0.2, 0.25) is 0 Å². The average Bonchev–Trinajstić information content (AvgIpc) is 2.72. The van der Waals surface area contributed by atoms with Gasteiger partial charge >= 0.3 is 6.09 Å². The highest BCUT2D eigenvalue weighted by Gasteiger charge is 2.49. The molecule has 160 valence electrons. The maximum absolute atomic E-state index is 12.8. The largest absolute Gasteiger partial charge is 0.491 e. The second kappa shape index (κ2) is 8.66. The van der Waals surface area contributed by atoms with E-state index in [2.05, 4.69) is 0 Å². The Hall–Kier alpha value is -2.57. The van der Waals surface area contributed by atoms with Crippen molar-refractivity contribution in [3.63, 3.8) is 0 Å². The number of nitrogens with zero attached hydrogens (tertiary/aromatic N) is 1. The van der Waals surface area contributed by atoms with Crippen LogP contribution in [0.5, 0.6) is 5.75 Å². The van der Waals surface area contributed by atoms with Crippen molar-refractivity contribution in [1.82, 2.24) is 4.90 Å². The van der Waals surface area contributed by atoms with Crippen LogP contribution in [0.15, 0.2) is 54.6 Å². The molecule has 2 bridgehead atoms. The number of amides is 1. The van der Waals surface area contributed by atoms with E-state index in [1.54, 1.807) is 4.90 Å². The molecule has 2 aromatic carbocycles. The topological polar surface area (TPSA) is 68.2 Å². The fourth-order valence-electron chi connectivity index (χ4n) is 4.42. The predicted octanol–water partition coefficient (Wildman–Crippen LogP) is 3.86.